The van der Waals surface area contributed by atoms with Crippen LogP contribution in [0, 0.1) is 5.92 Å². The lowest BCUT2D eigenvalue weighted by Crippen LogP contribution is -2.25. The van der Waals surface area contributed by atoms with Crippen LogP contribution in [0.25, 0.3) is 6.08 Å². The molecule has 2 aromatic carbocycles. The summed E-state index contributed by atoms with van der Waals surface area (Å²) in [6, 6.07) is 7.10. The predicted octanol–water partition coefficient (Wildman–Crippen LogP) is 5.47. The average Bonchev–Trinajstić information content (AvgIpc) is 3.50. The van der Waals surface area contributed by atoms with Crippen molar-refractivity contribution in [2.24, 2.45) is 11.7 Å². The number of carbonyl (C=O) groups excluding carboxylic acids is 2. The van der Waals surface area contributed by atoms with E-state index in [0.717, 1.165) is 17.7 Å². The molecule has 1 saturated carbocycles. The number of carbonyl (C=O) groups is 2. The molecule has 1 heterocycles. The van der Waals surface area contributed by atoms with Crippen LogP contribution in [0.15, 0.2) is 54.1 Å². The highest BCUT2D eigenvalue weighted by Crippen LogP contribution is 2.40. The number of benzene rings is 2. The summed E-state index contributed by atoms with van der Waals surface area (Å²) in [4.78, 5) is 24.8. The van der Waals surface area contributed by atoms with Crippen LogP contribution in [-0.4, -0.2) is 30.3 Å². The highest BCUT2D eigenvalue weighted by molar-refractivity contribution is 5.99. The van der Waals surface area contributed by atoms with Gasteiger partial charge in [0.05, 0.1) is 12.2 Å². The number of allylic oxidation sites excluding steroid dienone is 2. The standard InChI is InChI=1S/C28H28F3NO6/c29-28(30,31)19-10-12-20(22(33)15-19)25(32)21-11-8-17(26(21)35)5-2-1-3-14-36-24(34)13-9-18-6-4-7-23-27(18)38-16-37-23/h4-7,9-10,12-13,15,21,25,33H,1-3,8,11,14,16,32H2/b13-9+,17-5+. The van der Waals surface area contributed by atoms with Crippen molar-refractivity contribution in [3.8, 4) is 17.2 Å². The second kappa shape index (κ2) is 11.7. The molecule has 7 nitrogen and oxygen atoms in total. The molecule has 1 aliphatic carbocycles. The number of para-hydroxylation sites is 1. The maximum atomic E-state index is 12.8. The Bertz CT molecular complexity index is 1250. The zero-order chi connectivity index (χ0) is 27.3. The number of aromatic hydroxyl groups is 1. The van der Waals surface area contributed by atoms with E-state index in [1.165, 1.54) is 6.08 Å². The topological polar surface area (TPSA) is 108 Å². The first-order chi connectivity index (χ1) is 18.1. The number of halogens is 3. The van der Waals surface area contributed by atoms with E-state index in [4.69, 9.17) is 19.9 Å². The van der Waals surface area contributed by atoms with E-state index in [1.807, 2.05) is 6.08 Å². The van der Waals surface area contributed by atoms with E-state index in [-0.39, 0.29) is 24.7 Å². The van der Waals surface area contributed by atoms with Crippen molar-refractivity contribution in [2.75, 3.05) is 13.4 Å². The van der Waals surface area contributed by atoms with Gasteiger partial charge in [0.15, 0.2) is 17.3 Å². The van der Waals surface area contributed by atoms with E-state index >= 15 is 0 Å². The van der Waals surface area contributed by atoms with E-state index in [2.05, 4.69) is 0 Å². The van der Waals surface area contributed by atoms with Crippen LogP contribution in [0.3, 0.4) is 0 Å². The van der Waals surface area contributed by atoms with Gasteiger partial charge in [-0.05, 0) is 62.0 Å². The highest BCUT2D eigenvalue weighted by Gasteiger charge is 2.36. The molecule has 2 atom stereocenters. The zero-order valence-corrected chi connectivity index (χ0v) is 20.5. The Kier molecular flexibility index (Phi) is 8.41. The first-order valence-corrected chi connectivity index (χ1v) is 12.3. The molecule has 0 aromatic heterocycles. The number of hydrogen-bond donors (Lipinski definition) is 2. The normalized spacial score (nSPS) is 18.9. The van der Waals surface area contributed by atoms with Crippen molar-refractivity contribution in [3.63, 3.8) is 0 Å². The Balaban J connectivity index is 1.20. The van der Waals surface area contributed by atoms with E-state index in [9.17, 15) is 27.9 Å². The Morgan fingerprint density at radius 2 is 2.03 bits per heavy atom. The number of unbranched alkanes of at least 4 members (excludes halogenated alkanes) is 2. The number of phenols is 1. The van der Waals surface area contributed by atoms with Crippen LogP contribution in [0.1, 0.15) is 54.8 Å². The highest BCUT2D eigenvalue weighted by atomic mass is 19.4. The molecule has 2 aromatic rings. The van der Waals surface area contributed by atoms with Gasteiger partial charge in [-0.3, -0.25) is 4.79 Å². The molecule has 202 valence electrons. The minimum absolute atomic E-state index is 0.117. The monoisotopic (exact) mass is 531 g/mol. The van der Waals surface area contributed by atoms with Gasteiger partial charge in [0.1, 0.15) is 5.75 Å². The molecular weight excluding hydrogens is 503 g/mol. The molecule has 0 amide bonds. The largest absolute Gasteiger partial charge is 0.508 e. The number of phenolic OH excluding ortho intramolecular Hbond substituents is 1. The van der Waals surface area contributed by atoms with Gasteiger partial charge in [-0.2, -0.15) is 13.2 Å². The van der Waals surface area contributed by atoms with Gasteiger partial charge in [0.2, 0.25) is 6.79 Å². The van der Waals surface area contributed by atoms with Gasteiger partial charge in [0, 0.05) is 29.2 Å². The van der Waals surface area contributed by atoms with Crippen molar-refractivity contribution < 1.29 is 42.1 Å². The lowest BCUT2D eigenvalue weighted by atomic mass is 9.90. The first-order valence-electron chi connectivity index (χ1n) is 12.3. The third-order valence-electron chi connectivity index (χ3n) is 6.59. The van der Waals surface area contributed by atoms with Crippen molar-refractivity contribution in [1.29, 1.82) is 0 Å². The molecule has 38 heavy (non-hydrogen) atoms. The molecule has 2 aliphatic rings. The number of ketones is 1. The molecule has 1 aliphatic heterocycles. The molecule has 0 spiro atoms. The van der Waals surface area contributed by atoms with Crippen LogP contribution in [0.5, 0.6) is 17.2 Å². The molecule has 10 heteroatoms. The number of Topliss-reactive ketones (excluding diaryl/α,β-unsaturated/α-hetero) is 1. The van der Waals surface area contributed by atoms with Gasteiger partial charge in [-0.1, -0.05) is 24.3 Å². The summed E-state index contributed by atoms with van der Waals surface area (Å²) in [5.41, 5.74) is 6.65. The number of esters is 1. The second-order valence-electron chi connectivity index (χ2n) is 9.11. The lowest BCUT2D eigenvalue weighted by molar-refractivity contribution is -0.138. The Labute approximate surface area is 217 Å². The molecule has 2 unspecified atom stereocenters. The minimum Gasteiger partial charge on any atom is -0.508 e. The molecule has 0 bridgehead atoms. The molecule has 3 N–H and O–H groups in total. The number of alkyl halides is 3. The van der Waals surface area contributed by atoms with Gasteiger partial charge in [-0.25, -0.2) is 4.79 Å². The Morgan fingerprint density at radius 3 is 2.79 bits per heavy atom. The molecule has 0 saturated heterocycles. The van der Waals surface area contributed by atoms with Crippen molar-refractivity contribution in [2.45, 2.75) is 44.3 Å². The molecule has 0 radical (unpaired) electrons. The van der Waals surface area contributed by atoms with E-state index in [0.29, 0.717) is 55.2 Å². The fourth-order valence-electron chi connectivity index (χ4n) is 4.55. The number of ether oxygens (including phenoxy) is 3. The summed E-state index contributed by atoms with van der Waals surface area (Å²) in [5.74, 6) is -0.604. The number of rotatable bonds is 9. The van der Waals surface area contributed by atoms with Crippen LogP contribution >= 0.6 is 0 Å². The summed E-state index contributed by atoms with van der Waals surface area (Å²) in [6.45, 7) is 0.371. The summed E-state index contributed by atoms with van der Waals surface area (Å²) in [7, 11) is 0. The first kappa shape index (κ1) is 27.3. The van der Waals surface area contributed by atoms with Crippen molar-refractivity contribution in [1.82, 2.24) is 0 Å². The summed E-state index contributed by atoms with van der Waals surface area (Å²) < 4.78 is 54.5. The van der Waals surface area contributed by atoms with Crippen LogP contribution in [0.2, 0.25) is 0 Å². The van der Waals surface area contributed by atoms with Crippen LogP contribution < -0.4 is 15.2 Å². The van der Waals surface area contributed by atoms with Crippen molar-refractivity contribution >= 4 is 17.8 Å². The number of nitrogens with two attached hydrogens (primary N) is 1. The molecular formula is C28H28F3NO6. The van der Waals surface area contributed by atoms with E-state index in [1.54, 1.807) is 24.3 Å². The van der Waals surface area contributed by atoms with Crippen LogP contribution in [0.4, 0.5) is 13.2 Å². The van der Waals surface area contributed by atoms with Crippen molar-refractivity contribution in [3.05, 3.63) is 70.8 Å². The molecule has 4 rings (SSSR count). The quantitative estimate of drug-likeness (QED) is 0.251. The maximum Gasteiger partial charge on any atom is 0.416 e. The lowest BCUT2D eigenvalue weighted by Gasteiger charge is -2.20. The summed E-state index contributed by atoms with van der Waals surface area (Å²) >= 11 is 0. The second-order valence-corrected chi connectivity index (χ2v) is 9.11. The molecule has 1 fully saturated rings. The smallest absolute Gasteiger partial charge is 0.416 e. The Morgan fingerprint density at radius 1 is 1.21 bits per heavy atom. The number of fused-ring (bicyclic) bond motifs is 1. The maximum absolute atomic E-state index is 12.8. The minimum atomic E-state index is -4.58. The fourth-order valence-corrected chi connectivity index (χ4v) is 4.55. The predicted molar refractivity (Wildman–Crippen MR) is 132 cm³/mol. The van der Waals surface area contributed by atoms with Gasteiger partial charge in [-0.15, -0.1) is 0 Å². The summed E-state index contributed by atoms with van der Waals surface area (Å²) in [5, 5.41) is 10.1. The van der Waals surface area contributed by atoms with E-state index < -0.39 is 35.4 Å². The Hall–Kier alpha value is -3.79. The number of hydrogen-bond acceptors (Lipinski definition) is 7. The van der Waals surface area contributed by atoms with Gasteiger partial charge < -0.3 is 25.1 Å². The third-order valence-corrected chi connectivity index (χ3v) is 6.59. The zero-order valence-electron chi connectivity index (χ0n) is 20.5. The third kappa shape index (κ3) is 6.36. The fraction of sp³-hybridized carbons (Fsp3) is 0.357. The van der Waals surface area contributed by atoms with Gasteiger partial charge >= 0.3 is 12.1 Å². The summed E-state index contributed by atoms with van der Waals surface area (Å²) in [6.07, 6.45) is 3.07. The van der Waals surface area contributed by atoms with Gasteiger partial charge in [0.25, 0.3) is 0 Å². The SMILES string of the molecule is NC(c1ccc(C(F)(F)F)cc1O)C1CC/C(=C\CCCCOC(=O)/C=C/c2cccc3c2OCO3)C1=O. The van der Waals surface area contributed by atoms with Crippen LogP contribution in [-0.2, 0) is 20.5 Å². The average molecular weight is 532 g/mol.